The first-order chi connectivity index (χ1) is 10.1. The van der Waals surface area contributed by atoms with E-state index in [1.807, 2.05) is 0 Å². The van der Waals surface area contributed by atoms with Gasteiger partial charge in [0.05, 0.1) is 16.9 Å². The second-order valence-corrected chi connectivity index (χ2v) is 6.02. The van der Waals surface area contributed by atoms with E-state index in [9.17, 15) is 8.42 Å². The summed E-state index contributed by atoms with van der Waals surface area (Å²) >= 11 is 0. The lowest BCUT2D eigenvalue weighted by Crippen LogP contribution is -2.15. The van der Waals surface area contributed by atoms with Gasteiger partial charge in [-0.1, -0.05) is 18.2 Å². The topological polar surface area (TPSA) is 98.0 Å². The molecule has 106 valence electrons. The van der Waals surface area contributed by atoms with Crippen LogP contribution in [-0.4, -0.2) is 18.4 Å². The Bertz CT molecular complexity index is 904. The highest BCUT2D eigenvalue weighted by Gasteiger charge is 2.18. The SMILES string of the molecule is Nc1ccccc1S(=O)(=O)Nc1cccc2nccnc12. The fourth-order valence-corrected chi connectivity index (χ4v) is 3.20. The summed E-state index contributed by atoms with van der Waals surface area (Å²) < 4.78 is 27.4. The largest absolute Gasteiger partial charge is 0.398 e. The molecule has 0 aliphatic heterocycles. The maximum Gasteiger partial charge on any atom is 0.264 e. The lowest BCUT2D eigenvalue weighted by molar-refractivity contribution is 0.601. The predicted octanol–water partition coefficient (Wildman–Crippen LogP) is 2.01. The number of para-hydroxylation sites is 2. The molecule has 2 aromatic carbocycles. The van der Waals surface area contributed by atoms with Crippen LogP contribution < -0.4 is 10.5 Å². The van der Waals surface area contributed by atoms with E-state index in [2.05, 4.69) is 14.7 Å². The summed E-state index contributed by atoms with van der Waals surface area (Å²) in [5.41, 5.74) is 7.38. The van der Waals surface area contributed by atoms with Crippen molar-refractivity contribution in [3.8, 4) is 0 Å². The fourth-order valence-electron chi connectivity index (χ4n) is 2.00. The minimum absolute atomic E-state index is 0.0332. The summed E-state index contributed by atoms with van der Waals surface area (Å²) in [4.78, 5) is 8.33. The van der Waals surface area contributed by atoms with E-state index in [1.165, 1.54) is 18.3 Å². The van der Waals surface area contributed by atoms with Gasteiger partial charge in [-0.25, -0.2) is 8.42 Å². The summed E-state index contributed by atoms with van der Waals surface area (Å²) in [6.45, 7) is 0. The number of rotatable bonds is 3. The van der Waals surface area contributed by atoms with Crippen molar-refractivity contribution in [3.63, 3.8) is 0 Å². The molecule has 0 aliphatic carbocycles. The smallest absolute Gasteiger partial charge is 0.264 e. The molecule has 0 saturated carbocycles. The number of nitrogens with one attached hydrogen (secondary N) is 1. The van der Waals surface area contributed by atoms with Gasteiger partial charge in [0, 0.05) is 12.4 Å². The van der Waals surface area contributed by atoms with Crippen LogP contribution in [0.15, 0.2) is 59.8 Å². The molecular formula is C14H12N4O2S. The molecule has 1 aromatic heterocycles. The van der Waals surface area contributed by atoms with E-state index in [4.69, 9.17) is 5.73 Å². The molecule has 0 atom stereocenters. The molecule has 1 heterocycles. The number of sulfonamides is 1. The van der Waals surface area contributed by atoms with Gasteiger partial charge >= 0.3 is 0 Å². The maximum atomic E-state index is 12.4. The van der Waals surface area contributed by atoms with Gasteiger partial charge in [0.25, 0.3) is 10.0 Å². The second kappa shape index (κ2) is 5.02. The Morgan fingerprint density at radius 3 is 2.52 bits per heavy atom. The first-order valence-electron chi connectivity index (χ1n) is 6.15. The number of fused-ring (bicyclic) bond motifs is 1. The first-order valence-corrected chi connectivity index (χ1v) is 7.63. The predicted molar refractivity (Wildman–Crippen MR) is 81.2 cm³/mol. The van der Waals surface area contributed by atoms with Crippen LogP contribution in [0.5, 0.6) is 0 Å². The van der Waals surface area contributed by atoms with Gasteiger partial charge in [-0.15, -0.1) is 0 Å². The average molecular weight is 300 g/mol. The number of anilines is 2. The van der Waals surface area contributed by atoms with E-state index in [0.29, 0.717) is 16.7 Å². The lowest BCUT2D eigenvalue weighted by Gasteiger charge is -2.11. The highest BCUT2D eigenvalue weighted by Crippen LogP contribution is 2.24. The minimum atomic E-state index is -3.78. The molecule has 21 heavy (non-hydrogen) atoms. The van der Waals surface area contributed by atoms with Crippen molar-refractivity contribution >= 4 is 32.4 Å². The Morgan fingerprint density at radius 2 is 1.71 bits per heavy atom. The minimum Gasteiger partial charge on any atom is -0.398 e. The molecule has 3 rings (SSSR count). The molecule has 6 nitrogen and oxygen atoms in total. The molecule has 0 radical (unpaired) electrons. The van der Waals surface area contributed by atoms with Gasteiger partial charge in [-0.05, 0) is 24.3 Å². The number of nitrogens with zero attached hydrogens (tertiary/aromatic N) is 2. The van der Waals surface area contributed by atoms with Crippen molar-refractivity contribution in [2.24, 2.45) is 0 Å². The van der Waals surface area contributed by atoms with Gasteiger partial charge < -0.3 is 5.73 Å². The Balaban J connectivity index is 2.08. The van der Waals surface area contributed by atoms with E-state index in [-0.39, 0.29) is 10.6 Å². The van der Waals surface area contributed by atoms with Crippen LogP contribution in [0, 0.1) is 0 Å². The van der Waals surface area contributed by atoms with Crippen molar-refractivity contribution < 1.29 is 8.42 Å². The zero-order valence-electron chi connectivity index (χ0n) is 10.9. The highest BCUT2D eigenvalue weighted by molar-refractivity contribution is 7.93. The van der Waals surface area contributed by atoms with Crippen molar-refractivity contribution in [3.05, 3.63) is 54.9 Å². The van der Waals surface area contributed by atoms with Crippen LogP contribution in [-0.2, 0) is 10.0 Å². The molecule has 0 aliphatic rings. The standard InChI is InChI=1S/C14H12N4O2S/c15-10-4-1-2-7-13(10)21(19,20)18-12-6-3-5-11-14(12)17-9-8-16-11/h1-9,18H,15H2. The maximum absolute atomic E-state index is 12.4. The van der Waals surface area contributed by atoms with Crippen LogP contribution in [0.1, 0.15) is 0 Å². The van der Waals surface area contributed by atoms with Crippen LogP contribution in [0.4, 0.5) is 11.4 Å². The van der Waals surface area contributed by atoms with Gasteiger partial charge in [-0.2, -0.15) is 0 Å². The molecular weight excluding hydrogens is 288 g/mol. The number of hydrogen-bond acceptors (Lipinski definition) is 5. The summed E-state index contributed by atoms with van der Waals surface area (Å²) in [7, 11) is -3.78. The number of nitrogens with two attached hydrogens (primary N) is 1. The first kappa shape index (κ1) is 13.3. The third kappa shape index (κ3) is 2.50. The zero-order valence-corrected chi connectivity index (χ0v) is 11.7. The van der Waals surface area contributed by atoms with Crippen molar-refractivity contribution in [1.82, 2.24) is 9.97 Å². The third-order valence-corrected chi connectivity index (χ3v) is 4.39. The number of hydrogen-bond donors (Lipinski definition) is 2. The van der Waals surface area contributed by atoms with Gasteiger partial charge in [0.15, 0.2) is 0 Å². The Labute approximate surface area is 121 Å². The van der Waals surface area contributed by atoms with E-state index in [0.717, 1.165) is 0 Å². The van der Waals surface area contributed by atoms with Gasteiger partial charge in [0.2, 0.25) is 0 Å². The third-order valence-electron chi connectivity index (χ3n) is 2.95. The van der Waals surface area contributed by atoms with Crippen LogP contribution in [0.3, 0.4) is 0 Å². The molecule has 0 spiro atoms. The molecule has 0 saturated heterocycles. The summed E-state index contributed by atoms with van der Waals surface area (Å²) in [6, 6.07) is 11.4. The summed E-state index contributed by atoms with van der Waals surface area (Å²) in [6.07, 6.45) is 3.06. The summed E-state index contributed by atoms with van der Waals surface area (Å²) in [5.74, 6) is 0. The van der Waals surface area contributed by atoms with Crippen molar-refractivity contribution in [1.29, 1.82) is 0 Å². The van der Waals surface area contributed by atoms with E-state index < -0.39 is 10.0 Å². The van der Waals surface area contributed by atoms with E-state index >= 15 is 0 Å². The lowest BCUT2D eigenvalue weighted by atomic mass is 10.2. The monoisotopic (exact) mass is 300 g/mol. The van der Waals surface area contributed by atoms with E-state index in [1.54, 1.807) is 36.5 Å². The normalized spacial score (nSPS) is 11.4. The molecule has 0 amide bonds. The summed E-state index contributed by atoms with van der Waals surface area (Å²) in [5, 5.41) is 0. The Morgan fingerprint density at radius 1 is 0.952 bits per heavy atom. The molecule has 3 N–H and O–H groups in total. The van der Waals surface area contributed by atoms with Gasteiger partial charge in [0.1, 0.15) is 10.4 Å². The Kier molecular flexibility index (Phi) is 3.19. The van der Waals surface area contributed by atoms with Crippen LogP contribution in [0.25, 0.3) is 11.0 Å². The quantitative estimate of drug-likeness (QED) is 0.721. The number of aromatic nitrogens is 2. The average Bonchev–Trinajstić information content (AvgIpc) is 2.47. The van der Waals surface area contributed by atoms with Gasteiger partial charge in [-0.3, -0.25) is 14.7 Å². The Hall–Kier alpha value is -2.67. The number of nitrogen functional groups attached to an aromatic ring is 1. The highest BCUT2D eigenvalue weighted by atomic mass is 32.2. The zero-order chi connectivity index (χ0) is 14.9. The van der Waals surface area contributed by atoms with Crippen LogP contribution in [0.2, 0.25) is 0 Å². The molecule has 7 heteroatoms. The number of benzene rings is 2. The molecule has 0 unspecified atom stereocenters. The fraction of sp³-hybridized carbons (Fsp3) is 0. The molecule has 0 fully saturated rings. The van der Waals surface area contributed by atoms with Crippen molar-refractivity contribution in [2.45, 2.75) is 4.90 Å². The molecule has 3 aromatic rings. The second-order valence-electron chi connectivity index (χ2n) is 4.37. The van der Waals surface area contributed by atoms with Crippen molar-refractivity contribution in [2.75, 3.05) is 10.5 Å². The molecule has 0 bridgehead atoms. The van der Waals surface area contributed by atoms with Crippen LogP contribution >= 0.6 is 0 Å².